The lowest BCUT2D eigenvalue weighted by atomic mass is 10.1. The van der Waals surface area contributed by atoms with Gasteiger partial charge in [0.2, 0.25) is 6.79 Å². The van der Waals surface area contributed by atoms with Gasteiger partial charge < -0.3 is 14.2 Å². The zero-order valence-electron chi connectivity index (χ0n) is 14.3. The first kappa shape index (κ1) is 15.8. The molecule has 0 bridgehead atoms. The molecule has 1 heterocycles. The molecule has 0 amide bonds. The summed E-state index contributed by atoms with van der Waals surface area (Å²) in [4.78, 5) is 2.23. The first-order valence-electron chi connectivity index (χ1n) is 8.47. The lowest BCUT2D eigenvalue weighted by Crippen LogP contribution is -2.23. The van der Waals surface area contributed by atoms with Crippen molar-refractivity contribution >= 4 is 10.8 Å². The highest BCUT2D eigenvalue weighted by Gasteiger charge is 2.13. The van der Waals surface area contributed by atoms with Crippen LogP contribution in [0.15, 0.2) is 60.7 Å². The highest BCUT2D eigenvalue weighted by atomic mass is 16.7. The molecule has 0 saturated carbocycles. The van der Waals surface area contributed by atoms with Gasteiger partial charge in [0.1, 0.15) is 12.4 Å². The van der Waals surface area contributed by atoms with E-state index in [1.165, 1.54) is 16.3 Å². The van der Waals surface area contributed by atoms with E-state index in [4.69, 9.17) is 14.2 Å². The van der Waals surface area contributed by atoms with Gasteiger partial charge in [0.25, 0.3) is 0 Å². The molecule has 0 unspecified atom stereocenters. The fourth-order valence-corrected chi connectivity index (χ4v) is 3.01. The Labute approximate surface area is 147 Å². The van der Waals surface area contributed by atoms with E-state index in [1.807, 2.05) is 30.3 Å². The van der Waals surface area contributed by atoms with Crippen LogP contribution in [0.5, 0.6) is 17.2 Å². The lowest BCUT2D eigenvalue weighted by Gasteiger charge is -2.17. The van der Waals surface area contributed by atoms with E-state index in [-0.39, 0.29) is 0 Å². The minimum absolute atomic E-state index is 0.314. The molecule has 128 valence electrons. The minimum atomic E-state index is 0.314. The van der Waals surface area contributed by atoms with Crippen LogP contribution in [0.4, 0.5) is 0 Å². The Hall–Kier alpha value is -2.72. The molecule has 1 aliphatic rings. The van der Waals surface area contributed by atoms with Crippen molar-refractivity contribution in [2.45, 2.75) is 6.54 Å². The Bertz CT molecular complexity index is 878. The third-order valence-corrected chi connectivity index (χ3v) is 4.35. The van der Waals surface area contributed by atoms with Crippen LogP contribution in [0, 0.1) is 0 Å². The van der Waals surface area contributed by atoms with E-state index in [9.17, 15) is 0 Å². The van der Waals surface area contributed by atoms with Crippen LogP contribution >= 0.6 is 0 Å². The summed E-state index contributed by atoms with van der Waals surface area (Å²) in [5, 5.41) is 2.43. The Kier molecular flexibility index (Phi) is 4.44. The molecule has 0 atom stereocenters. The van der Waals surface area contributed by atoms with Crippen molar-refractivity contribution in [3.8, 4) is 17.2 Å². The molecule has 0 aliphatic carbocycles. The van der Waals surface area contributed by atoms with E-state index in [0.717, 1.165) is 30.3 Å². The molecule has 0 aromatic heterocycles. The molecule has 3 aromatic rings. The number of ether oxygens (including phenoxy) is 3. The monoisotopic (exact) mass is 335 g/mol. The van der Waals surface area contributed by atoms with Gasteiger partial charge in [-0.1, -0.05) is 36.4 Å². The van der Waals surface area contributed by atoms with Crippen LogP contribution in [-0.2, 0) is 6.54 Å². The molecule has 0 radical (unpaired) electrons. The minimum Gasteiger partial charge on any atom is -0.492 e. The van der Waals surface area contributed by atoms with Gasteiger partial charge in [-0.25, -0.2) is 0 Å². The summed E-state index contributed by atoms with van der Waals surface area (Å²) in [6.45, 7) is 2.66. The van der Waals surface area contributed by atoms with Crippen molar-refractivity contribution in [3.05, 3.63) is 66.2 Å². The molecular formula is C21H21NO3. The topological polar surface area (TPSA) is 30.9 Å². The highest BCUT2D eigenvalue weighted by Crippen LogP contribution is 2.32. The Morgan fingerprint density at radius 2 is 1.76 bits per heavy atom. The Morgan fingerprint density at radius 1 is 0.920 bits per heavy atom. The maximum atomic E-state index is 5.91. The summed E-state index contributed by atoms with van der Waals surface area (Å²) in [6, 6.07) is 20.6. The second-order valence-corrected chi connectivity index (χ2v) is 6.28. The van der Waals surface area contributed by atoms with Crippen LogP contribution in [-0.4, -0.2) is 31.9 Å². The third-order valence-electron chi connectivity index (χ3n) is 4.35. The molecule has 4 rings (SSSR count). The van der Waals surface area contributed by atoms with E-state index in [2.05, 4.69) is 42.3 Å². The van der Waals surface area contributed by atoms with Gasteiger partial charge in [-0.3, -0.25) is 4.90 Å². The van der Waals surface area contributed by atoms with Gasteiger partial charge in [0, 0.05) is 13.1 Å². The molecule has 25 heavy (non-hydrogen) atoms. The number of nitrogens with zero attached hydrogens (tertiary/aromatic N) is 1. The SMILES string of the molecule is CN(CCOc1ccc2ccccc2c1)Cc1ccc2c(c1)OCO2. The fraction of sp³-hybridized carbons (Fsp3) is 0.238. The van der Waals surface area contributed by atoms with Crippen molar-refractivity contribution in [1.29, 1.82) is 0 Å². The van der Waals surface area contributed by atoms with Crippen molar-refractivity contribution in [2.75, 3.05) is 27.0 Å². The predicted molar refractivity (Wildman–Crippen MR) is 98.3 cm³/mol. The van der Waals surface area contributed by atoms with Gasteiger partial charge in [-0.2, -0.15) is 0 Å². The van der Waals surface area contributed by atoms with Crippen LogP contribution in [0.25, 0.3) is 10.8 Å². The normalized spacial score (nSPS) is 12.7. The smallest absolute Gasteiger partial charge is 0.231 e. The number of rotatable bonds is 6. The average Bonchev–Trinajstić information content (AvgIpc) is 3.09. The molecule has 3 aromatic carbocycles. The Balaban J connectivity index is 1.30. The van der Waals surface area contributed by atoms with E-state index >= 15 is 0 Å². The number of hydrogen-bond acceptors (Lipinski definition) is 4. The van der Waals surface area contributed by atoms with Gasteiger partial charge in [-0.05, 0) is 47.6 Å². The largest absolute Gasteiger partial charge is 0.492 e. The van der Waals surface area contributed by atoms with Crippen molar-refractivity contribution < 1.29 is 14.2 Å². The maximum Gasteiger partial charge on any atom is 0.231 e. The van der Waals surface area contributed by atoms with E-state index in [0.29, 0.717) is 13.4 Å². The molecule has 4 nitrogen and oxygen atoms in total. The molecule has 0 N–H and O–H groups in total. The molecule has 0 saturated heterocycles. The zero-order valence-corrected chi connectivity index (χ0v) is 14.3. The predicted octanol–water partition coefficient (Wildman–Crippen LogP) is 4.08. The quantitative estimate of drug-likeness (QED) is 0.679. The summed E-state index contributed by atoms with van der Waals surface area (Å²) in [5.41, 5.74) is 1.21. The maximum absolute atomic E-state index is 5.91. The van der Waals surface area contributed by atoms with Gasteiger partial charge in [0.15, 0.2) is 11.5 Å². The molecule has 0 spiro atoms. The first-order valence-corrected chi connectivity index (χ1v) is 8.47. The highest BCUT2D eigenvalue weighted by molar-refractivity contribution is 5.83. The van der Waals surface area contributed by atoms with Crippen LogP contribution in [0.1, 0.15) is 5.56 Å². The average molecular weight is 335 g/mol. The van der Waals surface area contributed by atoms with Crippen LogP contribution in [0.3, 0.4) is 0 Å². The summed E-state index contributed by atoms with van der Waals surface area (Å²) in [7, 11) is 2.09. The van der Waals surface area contributed by atoms with Crippen molar-refractivity contribution in [3.63, 3.8) is 0 Å². The van der Waals surface area contributed by atoms with Crippen molar-refractivity contribution in [2.24, 2.45) is 0 Å². The van der Waals surface area contributed by atoms with Gasteiger partial charge in [-0.15, -0.1) is 0 Å². The van der Waals surface area contributed by atoms with E-state index < -0.39 is 0 Å². The lowest BCUT2D eigenvalue weighted by molar-refractivity contribution is 0.174. The zero-order chi connectivity index (χ0) is 17.1. The standard InChI is InChI=1S/C21H21NO3/c1-22(14-16-6-9-20-21(12-16)25-15-24-20)10-11-23-19-8-7-17-4-2-3-5-18(17)13-19/h2-9,12-13H,10-11,14-15H2,1H3. The van der Waals surface area contributed by atoms with Gasteiger partial charge >= 0.3 is 0 Å². The third kappa shape index (κ3) is 3.69. The first-order chi connectivity index (χ1) is 12.3. The summed E-state index contributed by atoms with van der Waals surface area (Å²) >= 11 is 0. The van der Waals surface area contributed by atoms with Crippen molar-refractivity contribution in [1.82, 2.24) is 4.90 Å². The fourth-order valence-electron chi connectivity index (χ4n) is 3.01. The number of hydrogen-bond donors (Lipinski definition) is 0. The molecule has 0 fully saturated rings. The van der Waals surface area contributed by atoms with E-state index in [1.54, 1.807) is 0 Å². The molecule has 4 heteroatoms. The summed E-state index contributed by atoms with van der Waals surface area (Å²) in [6.07, 6.45) is 0. The number of likely N-dealkylation sites (N-methyl/N-ethyl adjacent to an activating group) is 1. The van der Waals surface area contributed by atoms with Crippen LogP contribution < -0.4 is 14.2 Å². The Morgan fingerprint density at radius 3 is 2.68 bits per heavy atom. The second-order valence-electron chi connectivity index (χ2n) is 6.28. The number of fused-ring (bicyclic) bond motifs is 2. The van der Waals surface area contributed by atoms with Crippen LogP contribution in [0.2, 0.25) is 0 Å². The van der Waals surface area contributed by atoms with Gasteiger partial charge in [0.05, 0.1) is 0 Å². The summed E-state index contributed by atoms with van der Waals surface area (Å²) < 4.78 is 16.7. The molecular weight excluding hydrogens is 314 g/mol. The number of benzene rings is 3. The second kappa shape index (κ2) is 7.03. The summed E-state index contributed by atoms with van der Waals surface area (Å²) in [5.74, 6) is 2.57. The molecule has 1 aliphatic heterocycles.